The van der Waals surface area contributed by atoms with E-state index in [0.29, 0.717) is 12.5 Å². The third-order valence-electron chi connectivity index (χ3n) is 2.84. The molecule has 0 spiro atoms. The molecule has 1 heterocycles. The Balaban J connectivity index is 2.02. The van der Waals surface area contributed by atoms with Crippen LogP contribution in [0.25, 0.3) is 0 Å². The van der Waals surface area contributed by atoms with Crippen molar-refractivity contribution >= 4 is 0 Å². The average Bonchev–Trinajstić information content (AvgIpc) is 2.45. The summed E-state index contributed by atoms with van der Waals surface area (Å²) in [5.41, 5.74) is 7.81. The fourth-order valence-corrected chi connectivity index (χ4v) is 1.75. The monoisotopic (exact) mass is 258 g/mol. The maximum absolute atomic E-state index is 5.80. The molecule has 2 rings (SSSR count). The topological polar surface area (TPSA) is 57.4 Å². The summed E-state index contributed by atoms with van der Waals surface area (Å²) >= 11 is 0. The minimum Gasteiger partial charge on any atom is -0.489 e. The number of pyridine rings is 1. The van der Waals surface area contributed by atoms with E-state index in [2.05, 4.69) is 4.98 Å². The molecule has 2 N–H and O–H groups in total. The SMILES string of the molecule is COc1ncccc1COc1ccc([C@H](C)N)cc1. The predicted octanol–water partition coefficient (Wildman–Crippen LogP) is 2.69. The van der Waals surface area contributed by atoms with Gasteiger partial charge in [-0.1, -0.05) is 12.1 Å². The summed E-state index contributed by atoms with van der Waals surface area (Å²) in [5.74, 6) is 1.39. The van der Waals surface area contributed by atoms with E-state index < -0.39 is 0 Å². The fraction of sp³-hybridized carbons (Fsp3) is 0.267. The van der Waals surface area contributed by atoms with E-state index >= 15 is 0 Å². The van der Waals surface area contributed by atoms with Crippen molar-refractivity contribution in [2.75, 3.05) is 7.11 Å². The van der Waals surface area contributed by atoms with Gasteiger partial charge < -0.3 is 15.2 Å². The van der Waals surface area contributed by atoms with E-state index in [1.807, 2.05) is 43.3 Å². The number of nitrogens with zero attached hydrogens (tertiary/aromatic N) is 1. The van der Waals surface area contributed by atoms with Gasteiger partial charge in [0.05, 0.1) is 12.7 Å². The smallest absolute Gasteiger partial charge is 0.219 e. The Morgan fingerprint density at radius 2 is 1.95 bits per heavy atom. The summed E-state index contributed by atoms with van der Waals surface area (Å²) < 4.78 is 10.9. The van der Waals surface area contributed by atoms with Crippen LogP contribution >= 0.6 is 0 Å². The molecule has 0 saturated carbocycles. The van der Waals surface area contributed by atoms with Gasteiger partial charge in [0.25, 0.3) is 0 Å². The number of methoxy groups -OCH3 is 1. The Bertz CT molecular complexity index is 524. The van der Waals surface area contributed by atoms with Gasteiger partial charge in [0.2, 0.25) is 5.88 Å². The molecule has 100 valence electrons. The number of hydrogen-bond donors (Lipinski definition) is 1. The normalized spacial score (nSPS) is 11.9. The molecule has 4 nitrogen and oxygen atoms in total. The van der Waals surface area contributed by atoms with Gasteiger partial charge in [0, 0.05) is 12.2 Å². The number of ether oxygens (including phenoxy) is 2. The van der Waals surface area contributed by atoms with Gasteiger partial charge in [0.15, 0.2) is 0 Å². The standard InChI is InChI=1S/C15H18N2O2/c1-11(16)12-5-7-14(8-6-12)19-10-13-4-3-9-17-15(13)18-2/h3-9,11H,10,16H2,1-2H3/t11-/m0/s1. The zero-order valence-corrected chi connectivity index (χ0v) is 11.2. The molecule has 0 saturated heterocycles. The minimum atomic E-state index is 0.0347. The first-order valence-corrected chi connectivity index (χ1v) is 6.17. The van der Waals surface area contributed by atoms with Gasteiger partial charge in [-0.2, -0.15) is 0 Å². The van der Waals surface area contributed by atoms with E-state index in [-0.39, 0.29) is 6.04 Å². The van der Waals surface area contributed by atoms with Crippen LogP contribution in [0.15, 0.2) is 42.6 Å². The molecule has 0 radical (unpaired) electrons. The highest BCUT2D eigenvalue weighted by Crippen LogP contribution is 2.19. The molecule has 2 aromatic rings. The largest absolute Gasteiger partial charge is 0.489 e. The molecule has 1 atom stereocenters. The fourth-order valence-electron chi connectivity index (χ4n) is 1.75. The van der Waals surface area contributed by atoms with Crippen molar-refractivity contribution in [3.63, 3.8) is 0 Å². The van der Waals surface area contributed by atoms with Crippen LogP contribution in [-0.4, -0.2) is 12.1 Å². The molecule has 1 aromatic carbocycles. The van der Waals surface area contributed by atoms with Crippen LogP contribution in [0.5, 0.6) is 11.6 Å². The van der Waals surface area contributed by atoms with E-state index in [1.54, 1.807) is 13.3 Å². The lowest BCUT2D eigenvalue weighted by Crippen LogP contribution is -2.04. The first kappa shape index (κ1) is 13.4. The lowest BCUT2D eigenvalue weighted by atomic mass is 10.1. The summed E-state index contributed by atoms with van der Waals surface area (Å²) in [6, 6.07) is 11.6. The highest BCUT2D eigenvalue weighted by Gasteiger charge is 2.04. The van der Waals surface area contributed by atoms with Crippen molar-refractivity contribution in [2.24, 2.45) is 5.73 Å². The molecule has 0 aliphatic carbocycles. The molecular formula is C15H18N2O2. The summed E-state index contributed by atoms with van der Waals surface area (Å²) in [5, 5.41) is 0. The van der Waals surface area contributed by atoms with Gasteiger partial charge in [-0.15, -0.1) is 0 Å². The molecule has 0 aliphatic heterocycles. The van der Waals surface area contributed by atoms with Gasteiger partial charge in [-0.05, 0) is 36.8 Å². The van der Waals surface area contributed by atoms with Crippen LogP contribution in [0.1, 0.15) is 24.1 Å². The molecule has 1 aromatic heterocycles. The molecule has 0 bridgehead atoms. The number of rotatable bonds is 5. The summed E-state index contributed by atoms with van der Waals surface area (Å²) in [4.78, 5) is 4.13. The summed E-state index contributed by atoms with van der Waals surface area (Å²) in [6.45, 7) is 2.38. The van der Waals surface area contributed by atoms with Gasteiger partial charge >= 0.3 is 0 Å². The van der Waals surface area contributed by atoms with Crippen LogP contribution < -0.4 is 15.2 Å². The maximum Gasteiger partial charge on any atom is 0.219 e. The Hall–Kier alpha value is -2.07. The van der Waals surface area contributed by atoms with Crippen LogP contribution in [0.4, 0.5) is 0 Å². The van der Waals surface area contributed by atoms with E-state index in [0.717, 1.165) is 16.9 Å². The van der Waals surface area contributed by atoms with Gasteiger partial charge in [-0.25, -0.2) is 4.98 Å². The first-order chi connectivity index (χ1) is 9.20. The molecule has 0 amide bonds. The number of aromatic nitrogens is 1. The second-order valence-electron chi connectivity index (χ2n) is 4.32. The van der Waals surface area contributed by atoms with Gasteiger partial charge in [-0.3, -0.25) is 0 Å². The highest BCUT2D eigenvalue weighted by atomic mass is 16.5. The minimum absolute atomic E-state index is 0.0347. The maximum atomic E-state index is 5.80. The third-order valence-corrected chi connectivity index (χ3v) is 2.84. The summed E-state index contributed by atoms with van der Waals surface area (Å²) in [7, 11) is 1.60. The molecular weight excluding hydrogens is 240 g/mol. The van der Waals surface area contributed by atoms with Crippen molar-refractivity contribution in [1.82, 2.24) is 4.98 Å². The number of hydrogen-bond acceptors (Lipinski definition) is 4. The average molecular weight is 258 g/mol. The van der Waals surface area contributed by atoms with E-state index in [1.165, 1.54) is 0 Å². The number of nitrogens with two attached hydrogens (primary N) is 1. The van der Waals surface area contributed by atoms with Crippen LogP contribution in [0.3, 0.4) is 0 Å². The summed E-state index contributed by atoms with van der Waals surface area (Å²) in [6.07, 6.45) is 1.69. The Morgan fingerprint density at radius 3 is 2.58 bits per heavy atom. The Kier molecular flexibility index (Phi) is 4.36. The van der Waals surface area contributed by atoms with Crippen molar-refractivity contribution in [1.29, 1.82) is 0 Å². The highest BCUT2D eigenvalue weighted by molar-refractivity contribution is 5.30. The lowest BCUT2D eigenvalue weighted by Gasteiger charge is -2.10. The van der Waals surface area contributed by atoms with Crippen molar-refractivity contribution in [3.05, 3.63) is 53.7 Å². The number of benzene rings is 1. The van der Waals surface area contributed by atoms with Crippen molar-refractivity contribution in [3.8, 4) is 11.6 Å². The van der Waals surface area contributed by atoms with Crippen LogP contribution in [0, 0.1) is 0 Å². The predicted molar refractivity (Wildman–Crippen MR) is 74.2 cm³/mol. The molecule has 0 unspecified atom stereocenters. The second kappa shape index (κ2) is 6.20. The molecule has 0 fully saturated rings. The first-order valence-electron chi connectivity index (χ1n) is 6.17. The van der Waals surface area contributed by atoms with Crippen LogP contribution in [-0.2, 0) is 6.61 Å². The lowest BCUT2D eigenvalue weighted by molar-refractivity contribution is 0.294. The molecule has 0 aliphatic rings. The van der Waals surface area contributed by atoms with E-state index in [4.69, 9.17) is 15.2 Å². The zero-order chi connectivity index (χ0) is 13.7. The third kappa shape index (κ3) is 3.45. The quantitative estimate of drug-likeness (QED) is 0.895. The molecule has 19 heavy (non-hydrogen) atoms. The second-order valence-corrected chi connectivity index (χ2v) is 4.32. The Morgan fingerprint density at radius 1 is 1.21 bits per heavy atom. The van der Waals surface area contributed by atoms with E-state index in [9.17, 15) is 0 Å². The molecule has 4 heteroatoms. The van der Waals surface area contributed by atoms with Gasteiger partial charge in [0.1, 0.15) is 12.4 Å². The van der Waals surface area contributed by atoms with Crippen molar-refractivity contribution < 1.29 is 9.47 Å². The zero-order valence-electron chi connectivity index (χ0n) is 11.2. The Labute approximate surface area is 113 Å². The van der Waals surface area contributed by atoms with Crippen LogP contribution in [0.2, 0.25) is 0 Å². The van der Waals surface area contributed by atoms with Crippen molar-refractivity contribution in [2.45, 2.75) is 19.6 Å².